The van der Waals surface area contributed by atoms with Crippen molar-refractivity contribution >= 4 is 11.7 Å². The summed E-state index contributed by atoms with van der Waals surface area (Å²) in [6, 6.07) is 5.19. The van der Waals surface area contributed by atoms with Crippen LogP contribution >= 0.6 is 0 Å². The zero-order valence-electron chi connectivity index (χ0n) is 10.3. The summed E-state index contributed by atoms with van der Waals surface area (Å²) in [5, 5.41) is 10.5. The lowest BCUT2D eigenvalue weighted by Gasteiger charge is -2.24. The predicted molar refractivity (Wildman–Crippen MR) is 62.4 cm³/mol. The summed E-state index contributed by atoms with van der Waals surface area (Å²) in [5.74, 6) is -0.581. The molecule has 1 aromatic carbocycles. The molecule has 20 heavy (non-hydrogen) atoms. The van der Waals surface area contributed by atoms with Gasteiger partial charge in [-0.3, -0.25) is 10.1 Å². The summed E-state index contributed by atoms with van der Waals surface area (Å²) in [4.78, 5) is 31.7. The predicted octanol–water partition coefficient (Wildman–Crippen LogP) is 1.54. The van der Waals surface area contributed by atoms with E-state index in [4.69, 9.17) is 19.2 Å². The summed E-state index contributed by atoms with van der Waals surface area (Å²) < 4.78 is 10.6. The molecule has 2 heterocycles. The largest absolute Gasteiger partial charge is 0.453 e. The normalized spacial score (nSPS) is 28.1. The fourth-order valence-corrected chi connectivity index (χ4v) is 2.05. The molecule has 8 nitrogen and oxygen atoms in total. The van der Waals surface area contributed by atoms with Gasteiger partial charge in [0.2, 0.25) is 6.29 Å². The Balaban J connectivity index is 1.65. The van der Waals surface area contributed by atoms with Gasteiger partial charge in [-0.05, 0) is 18.6 Å². The maximum Gasteiger partial charge on any atom is 0.338 e. The molecule has 2 aliphatic rings. The zero-order chi connectivity index (χ0) is 14.1. The highest BCUT2D eigenvalue weighted by Crippen LogP contribution is 2.30. The molecular weight excluding hydrogens is 270 g/mol. The molecule has 1 aromatic rings. The van der Waals surface area contributed by atoms with E-state index in [9.17, 15) is 14.9 Å². The van der Waals surface area contributed by atoms with Crippen molar-refractivity contribution in [2.75, 3.05) is 0 Å². The standard InChI is InChI=1S/C12H11NO7/c14-11(7-1-3-8(4-2-7)13(15)16)17-9-5-6-10-18-12(9)20-19-10/h1-4,9-10,12H,5-6H2/t9-,10+,12-/m0/s1. The lowest BCUT2D eigenvalue weighted by atomic mass is 10.1. The number of benzene rings is 1. The molecule has 0 aromatic heterocycles. The van der Waals surface area contributed by atoms with Crippen molar-refractivity contribution in [1.82, 2.24) is 0 Å². The van der Waals surface area contributed by atoms with Crippen LogP contribution in [0.2, 0.25) is 0 Å². The van der Waals surface area contributed by atoms with E-state index in [2.05, 4.69) is 0 Å². The molecule has 2 bridgehead atoms. The highest BCUT2D eigenvalue weighted by molar-refractivity contribution is 5.89. The first-order valence-electron chi connectivity index (χ1n) is 6.06. The van der Waals surface area contributed by atoms with Crippen LogP contribution in [0.4, 0.5) is 5.69 Å². The molecule has 106 valence electrons. The monoisotopic (exact) mass is 281 g/mol. The Bertz CT molecular complexity index is 529. The Morgan fingerprint density at radius 3 is 2.70 bits per heavy atom. The number of esters is 1. The number of carbonyl (C=O) groups excluding carboxylic acids is 1. The van der Waals surface area contributed by atoms with E-state index in [-0.39, 0.29) is 11.3 Å². The van der Waals surface area contributed by atoms with E-state index < -0.39 is 29.6 Å². The average Bonchev–Trinajstić information content (AvgIpc) is 2.85. The first-order valence-corrected chi connectivity index (χ1v) is 6.06. The highest BCUT2D eigenvalue weighted by atomic mass is 17.3. The number of rotatable bonds is 3. The highest BCUT2D eigenvalue weighted by Gasteiger charge is 2.42. The van der Waals surface area contributed by atoms with Crippen molar-refractivity contribution in [1.29, 1.82) is 0 Å². The molecule has 0 N–H and O–H groups in total. The van der Waals surface area contributed by atoms with E-state index in [1.165, 1.54) is 24.3 Å². The van der Waals surface area contributed by atoms with Gasteiger partial charge in [0.15, 0.2) is 12.4 Å². The molecule has 0 unspecified atom stereocenters. The second-order valence-corrected chi connectivity index (χ2v) is 4.45. The molecule has 0 aliphatic carbocycles. The van der Waals surface area contributed by atoms with Crippen molar-refractivity contribution in [2.24, 2.45) is 0 Å². The molecule has 0 amide bonds. The Morgan fingerprint density at radius 2 is 2.00 bits per heavy atom. The van der Waals surface area contributed by atoms with Gasteiger partial charge < -0.3 is 9.47 Å². The van der Waals surface area contributed by atoms with E-state index >= 15 is 0 Å². The van der Waals surface area contributed by atoms with Gasteiger partial charge in [-0.25, -0.2) is 9.68 Å². The minimum absolute atomic E-state index is 0.0853. The molecule has 0 saturated carbocycles. The number of fused-ring (bicyclic) bond motifs is 2. The molecule has 0 radical (unpaired) electrons. The van der Waals surface area contributed by atoms with Crippen LogP contribution in [0.25, 0.3) is 0 Å². The minimum Gasteiger partial charge on any atom is -0.453 e. The number of carbonyl (C=O) groups is 1. The maximum absolute atomic E-state index is 11.9. The number of hydrogen-bond acceptors (Lipinski definition) is 7. The number of hydrogen-bond donors (Lipinski definition) is 0. The molecule has 3 rings (SSSR count). The number of non-ortho nitro benzene ring substituents is 1. The second-order valence-electron chi connectivity index (χ2n) is 4.45. The average molecular weight is 281 g/mol. The van der Waals surface area contributed by atoms with Crippen molar-refractivity contribution in [3.63, 3.8) is 0 Å². The van der Waals surface area contributed by atoms with Crippen LogP contribution in [0.15, 0.2) is 24.3 Å². The lowest BCUT2D eigenvalue weighted by Crippen LogP contribution is -2.36. The maximum atomic E-state index is 11.9. The Hall–Kier alpha value is -2.03. The Kier molecular flexibility index (Phi) is 3.35. The Labute approximate surface area is 113 Å². The van der Waals surface area contributed by atoms with Gasteiger partial charge in [-0.1, -0.05) is 0 Å². The van der Waals surface area contributed by atoms with Crippen molar-refractivity contribution in [2.45, 2.75) is 31.5 Å². The van der Waals surface area contributed by atoms with Crippen molar-refractivity contribution < 1.29 is 29.0 Å². The van der Waals surface area contributed by atoms with Crippen LogP contribution in [0.1, 0.15) is 23.2 Å². The molecule has 2 saturated heterocycles. The summed E-state index contributed by atoms with van der Waals surface area (Å²) >= 11 is 0. The number of nitro benzene ring substituents is 1. The summed E-state index contributed by atoms with van der Waals surface area (Å²) in [6.45, 7) is 0. The number of nitro groups is 1. The van der Waals surface area contributed by atoms with E-state index in [0.717, 1.165) is 0 Å². The second kappa shape index (κ2) is 5.16. The van der Waals surface area contributed by atoms with Crippen molar-refractivity contribution in [3.8, 4) is 0 Å². The quantitative estimate of drug-likeness (QED) is 0.359. The van der Waals surface area contributed by atoms with Crippen LogP contribution in [0.5, 0.6) is 0 Å². The molecule has 2 fully saturated rings. The SMILES string of the molecule is O=C(O[C@H]1CC[C@H]2OO[C@@H]1O2)c1ccc([N+](=O)[O-])cc1. The van der Waals surface area contributed by atoms with Gasteiger partial charge in [-0.2, -0.15) is 4.89 Å². The van der Waals surface area contributed by atoms with E-state index in [1.54, 1.807) is 0 Å². The Morgan fingerprint density at radius 1 is 1.25 bits per heavy atom. The molecule has 8 heteroatoms. The van der Waals surface area contributed by atoms with E-state index in [1.807, 2.05) is 0 Å². The van der Waals surface area contributed by atoms with Gasteiger partial charge >= 0.3 is 5.97 Å². The first-order chi connectivity index (χ1) is 9.63. The number of ether oxygens (including phenoxy) is 2. The summed E-state index contributed by atoms with van der Waals surface area (Å²) in [7, 11) is 0. The van der Waals surface area contributed by atoms with Crippen molar-refractivity contribution in [3.05, 3.63) is 39.9 Å². The third kappa shape index (κ3) is 2.48. The van der Waals surface area contributed by atoms with Crippen LogP contribution in [-0.4, -0.2) is 29.6 Å². The third-order valence-corrected chi connectivity index (χ3v) is 3.11. The fourth-order valence-electron chi connectivity index (χ4n) is 2.05. The fraction of sp³-hybridized carbons (Fsp3) is 0.417. The molecule has 2 aliphatic heterocycles. The van der Waals surface area contributed by atoms with Gasteiger partial charge in [0, 0.05) is 18.6 Å². The lowest BCUT2D eigenvalue weighted by molar-refractivity contribution is -0.384. The van der Waals surface area contributed by atoms with Crippen LogP contribution in [0.3, 0.4) is 0 Å². The number of nitrogens with zero attached hydrogens (tertiary/aromatic N) is 1. The molecule has 0 spiro atoms. The van der Waals surface area contributed by atoms with Crippen LogP contribution < -0.4 is 0 Å². The first kappa shape index (κ1) is 13.0. The van der Waals surface area contributed by atoms with Gasteiger partial charge in [0.05, 0.1) is 10.5 Å². The summed E-state index contributed by atoms with van der Waals surface area (Å²) in [6.07, 6.45) is -0.496. The smallest absolute Gasteiger partial charge is 0.338 e. The minimum atomic E-state index is -0.712. The van der Waals surface area contributed by atoms with Gasteiger partial charge in [-0.15, -0.1) is 0 Å². The zero-order valence-corrected chi connectivity index (χ0v) is 10.3. The van der Waals surface area contributed by atoms with Crippen LogP contribution in [0, 0.1) is 10.1 Å². The van der Waals surface area contributed by atoms with Gasteiger partial charge in [0.25, 0.3) is 5.69 Å². The van der Waals surface area contributed by atoms with Gasteiger partial charge in [0.1, 0.15) is 0 Å². The molecule has 3 atom stereocenters. The summed E-state index contributed by atoms with van der Waals surface area (Å²) in [5.41, 5.74) is 0.148. The molecular formula is C12H11NO7. The van der Waals surface area contributed by atoms with Crippen LogP contribution in [-0.2, 0) is 19.2 Å². The van der Waals surface area contributed by atoms with E-state index in [0.29, 0.717) is 12.8 Å². The third-order valence-electron chi connectivity index (χ3n) is 3.11. The topological polar surface area (TPSA) is 97.1 Å².